The summed E-state index contributed by atoms with van der Waals surface area (Å²) < 4.78 is 0. The van der Waals surface area contributed by atoms with Crippen LogP contribution in [0.3, 0.4) is 0 Å². The van der Waals surface area contributed by atoms with E-state index in [0.717, 1.165) is 13.0 Å². The van der Waals surface area contributed by atoms with Gasteiger partial charge in [-0.25, -0.2) is 0 Å². The van der Waals surface area contributed by atoms with E-state index in [1.54, 1.807) is 0 Å². The van der Waals surface area contributed by atoms with Crippen molar-refractivity contribution in [1.29, 1.82) is 0 Å². The molecule has 52 valence electrons. The van der Waals surface area contributed by atoms with E-state index in [-0.39, 0.29) is 0 Å². The molecule has 0 aromatic rings. The monoisotopic (exact) mass is 125 g/mol. The van der Waals surface area contributed by atoms with Gasteiger partial charge in [0.1, 0.15) is 0 Å². The van der Waals surface area contributed by atoms with Crippen molar-refractivity contribution in [3.63, 3.8) is 0 Å². The molecule has 0 N–H and O–H groups in total. The first kappa shape index (κ1) is 8.52. The lowest BCUT2D eigenvalue weighted by atomic mass is 10.3. The largest absolute Gasteiger partial charge is 0.303 e. The van der Waals surface area contributed by atoms with Crippen molar-refractivity contribution in [2.24, 2.45) is 0 Å². The molecule has 1 nitrogen and oxygen atoms in total. The molecule has 1 heteroatoms. The Bertz CT molecular complexity index is 99.6. The summed E-state index contributed by atoms with van der Waals surface area (Å²) in [6.45, 7) is 5.33. The second kappa shape index (κ2) is 4.40. The van der Waals surface area contributed by atoms with Crippen LogP contribution < -0.4 is 0 Å². The van der Waals surface area contributed by atoms with Gasteiger partial charge >= 0.3 is 0 Å². The molecule has 0 bridgehead atoms. The summed E-state index contributed by atoms with van der Waals surface area (Å²) in [5.74, 6) is 2.61. The molecule has 0 rings (SSSR count). The van der Waals surface area contributed by atoms with Gasteiger partial charge in [0.05, 0.1) is 0 Å². The molecule has 9 heavy (non-hydrogen) atoms. The third-order valence-corrected chi connectivity index (χ3v) is 1.49. The van der Waals surface area contributed by atoms with Crippen LogP contribution in [-0.2, 0) is 0 Å². The molecule has 0 saturated carbocycles. The number of hydrogen-bond acceptors (Lipinski definition) is 1. The molecule has 0 saturated heterocycles. The van der Waals surface area contributed by atoms with Gasteiger partial charge in [-0.2, -0.15) is 0 Å². The molecule has 0 heterocycles. The summed E-state index contributed by atoms with van der Waals surface area (Å²) in [6.07, 6.45) is 5.96. The summed E-state index contributed by atoms with van der Waals surface area (Å²) in [5.41, 5.74) is 0. The highest BCUT2D eigenvalue weighted by molar-refractivity contribution is 4.84. The molecule has 0 aromatic heterocycles. The first-order valence-electron chi connectivity index (χ1n) is 3.32. The van der Waals surface area contributed by atoms with Crippen LogP contribution in [0, 0.1) is 12.3 Å². The van der Waals surface area contributed by atoms with Crippen LogP contribution in [-0.4, -0.2) is 24.5 Å². The topological polar surface area (TPSA) is 3.24 Å². The first-order valence-corrected chi connectivity index (χ1v) is 3.32. The third kappa shape index (κ3) is 4.05. The molecule has 0 atom stereocenters. The van der Waals surface area contributed by atoms with E-state index in [1.807, 2.05) is 0 Å². The average Bonchev–Trinajstić information content (AvgIpc) is 1.82. The van der Waals surface area contributed by atoms with E-state index in [9.17, 15) is 0 Å². The predicted octanol–water partition coefficient (Wildman–Crippen LogP) is 1.35. The summed E-state index contributed by atoms with van der Waals surface area (Å²) in [7, 11) is 2.09. The number of terminal acetylenes is 1. The zero-order valence-corrected chi connectivity index (χ0v) is 6.52. The Hall–Kier alpha value is -0.480. The molecular weight excluding hydrogens is 110 g/mol. The van der Waals surface area contributed by atoms with Gasteiger partial charge in [0.15, 0.2) is 0 Å². The molecule has 0 aliphatic rings. The summed E-state index contributed by atoms with van der Waals surface area (Å²) in [6, 6.07) is 0.610. The van der Waals surface area contributed by atoms with Crippen molar-refractivity contribution in [3.8, 4) is 12.3 Å². The van der Waals surface area contributed by atoms with Crippen molar-refractivity contribution in [2.45, 2.75) is 26.3 Å². The predicted molar refractivity (Wildman–Crippen MR) is 41.2 cm³/mol. The smallest absolute Gasteiger partial charge is 0.0214 e. The molecule has 0 aliphatic carbocycles. The van der Waals surface area contributed by atoms with E-state index < -0.39 is 0 Å². The minimum absolute atomic E-state index is 0.610. The highest BCUT2D eigenvalue weighted by atomic mass is 15.1. The average molecular weight is 125 g/mol. The van der Waals surface area contributed by atoms with E-state index >= 15 is 0 Å². The molecule has 0 aliphatic heterocycles. The van der Waals surface area contributed by atoms with Crippen molar-refractivity contribution in [1.82, 2.24) is 4.90 Å². The number of rotatable bonds is 3. The normalized spacial score (nSPS) is 10.2. The van der Waals surface area contributed by atoms with Gasteiger partial charge in [-0.1, -0.05) is 0 Å². The highest BCUT2D eigenvalue weighted by Crippen LogP contribution is 1.93. The maximum absolute atomic E-state index is 5.10. The summed E-state index contributed by atoms with van der Waals surface area (Å²) >= 11 is 0. The standard InChI is InChI=1S/C8H15N/c1-5-6-7-9(4)8(2)3/h1,8H,6-7H2,2-4H3. The van der Waals surface area contributed by atoms with Crippen molar-refractivity contribution >= 4 is 0 Å². The van der Waals surface area contributed by atoms with E-state index in [1.165, 1.54) is 0 Å². The SMILES string of the molecule is C#CCCN(C)C(C)C. The van der Waals surface area contributed by atoms with Gasteiger partial charge < -0.3 is 4.90 Å². The van der Waals surface area contributed by atoms with Gasteiger partial charge in [0.25, 0.3) is 0 Å². The minimum Gasteiger partial charge on any atom is -0.303 e. The molecule has 0 fully saturated rings. The maximum Gasteiger partial charge on any atom is 0.0214 e. The van der Waals surface area contributed by atoms with E-state index in [2.05, 4.69) is 31.7 Å². The Morgan fingerprint density at radius 3 is 2.44 bits per heavy atom. The highest BCUT2D eigenvalue weighted by Gasteiger charge is 1.99. The van der Waals surface area contributed by atoms with E-state index in [0.29, 0.717) is 6.04 Å². The van der Waals surface area contributed by atoms with Gasteiger partial charge in [0, 0.05) is 19.0 Å². The van der Waals surface area contributed by atoms with Crippen LogP contribution in [0.15, 0.2) is 0 Å². The fourth-order valence-corrected chi connectivity index (χ4v) is 0.499. The van der Waals surface area contributed by atoms with Gasteiger partial charge in [-0.3, -0.25) is 0 Å². The molecular formula is C8H15N. The Labute approximate surface area is 58.1 Å². The fourth-order valence-electron chi connectivity index (χ4n) is 0.499. The lowest BCUT2D eigenvalue weighted by Gasteiger charge is -2.18. The lowest BCUT2D eigenvalue weighted by molar-refractivity contribution is 0.281. The van der Waals surface area contributed by atoms with Crippen molar-refractivity contribution in [3.05, 3.63) is 0 Å². The molecule has 0 spiro atoms. The zero-order chi connectivity index (χ0) is 7.28. The Morgan fingerprint density at radius 1 is 1.56 bits per heavy atom. The third-order valence-electron chi connectivity index (χ3n) is 1.49. The van der Waals surface area contributed by atoms with Crippen LogP contribution in [0.2, 0.25) is 0 Å². The summed E-state index contributed by atoms with van der Waals surface area (Å²) in [5, 5.41) is 0. The first-order chi connectivity index (χ1) is 4.18. The minimum atomic E-state index is 0.610. The second-order valence-corrected chi connectivity index (χ2v) is 2.53. The van der Waals surface area contributed by atoms with Gasteiger partial charge in [-0.05, 0) is 20.9 Å². The number of hydrogen-bond donors (Lipinski definition) is 0. The Kier molecular flexibility index (Phi) is 4.17. The van der Waals surface area contributed by atoms with E-state index in [4.69, 9.17) is 6.42 Å². The Balaban J connectivity index is 3.29. The number of nitrogens with zero attached hydrogens (tertiary/aromatic N) is 1. The second-order valence-electron chi connectivity index (χ2n) is 2.53. The zero-order valence-electron chi connectivity index (χ0n) is 6.52. The van der Waals surface area contributed by atoms with Crippen LogP contribution >= 0.6 is 0 Å². The lowest BCUT2D eigenvalue weighted by Crippen LogP contribution is -2.26. The van der Waals surface area contributed by atoms with Crippen LogP contribution in [0.25, 0.3) is 0 Å². The summed E-state index contributed by atoms with van der Waals surface area (Å²) in [4.78, 5) is 2.24. The van der Waals surface area contributed by atoms with Crippen molar-refractivity contribution < 1.29 is 0 Å². The van der Waals surface area contributed by atoms with Gasteiger partial charge in [0.2, 0.25) is 0 Å². The van der Waals surface area contributed by atoms with Gasteiger partial charge in [-0.15, -0.1) is 12.3 Å². The molecule has 0 unspecified atom stereocenters. The van der Waals surface area contributed by atoms with Crippen LogP contribution in [0.5, 0.6) is 0 Å². The molecule has 0 aromatic carbocycles. The van der Waals surface area contributed by atoms with Crippen LogP contribution in [0.1, 0.15) is 20.3 Å². The van der Waals surface area contributed by atoms with Crippen molar-refractivity contribution in [2.75, 3.05) is 13.6 Å². The quantitative estimate of drug-likeness (QED) is 0.515. The van der Waals surface area contributed by atoms with Crippen LogP contribution in [0.4, 0.5) is 0 Å². The molecule has 0 radical (unpaired) electrons. The maximum atomic E-state index is 5.10. The fraction of sp³-hybridized carbons (Fsp3) is 0.750. The Morgan fingerprint density at radius 2 is 2.11 bits per heavy atom. The molecule has 0 amide bonds.